The minimum Gasteiger partial charge on any atom is -0.497 e. The molecule has 1 amide bonds. The summed E-state index contributed by atoms with van der Waals surface area (Å²) < 4.78 is 10.5. The number of ether oxygens (including phenoxy) is 2. The molecular formula is C19H23NO3S. The van der Waals surface area contributed by atoms with Crippen molar-refractivity contribution in [3.63, 3.8) is 0 Å². The molecule has 0 aliphatic heterocycles. The van der Waals surface area contributed by atoms with Gasteiger partial charge >= 0.3 is 6.09 Å². The molecule has 5 heteroatoms. The summed E-state index contributed by atoms with van der Waals surface area (Å²) in [6.45, 7) is 5.54. The lowest BCUT2D eigenvalue weighted by molar-refractivity contribution is 0.0515. The first-order valence-corrected chi connectivity index (χ1v) is 8.60. The lowest BCUT2D eigenvalue weighted by Crippen LogP contribution is -2.34. The normalized spacial score (nSPS) is 12.8. The van der Waals surface area contributed by atoms with Crippen molar-refractivity contribution in [1.82, 2.24) is 5.32 Å². The van der Waals surface area contributed by atoms with Gasteiger partial charge in [0.2, 0.25) is 0 Å². The number of hydrogen-bond acceptors (Lipinski definition) is 4. The number of rotatable bonds is 5. The van der Waals surface area contributed by atoms with Crippen LogP contribution in [0.5, 0.6) is 5.75 Å². The molecule has 0 bridgehead atoms. The monoisotopic (exact) mass is 345 g/mol. The van der Waals surface area contributed by atoms with Crippen LogP contribution >= 0.6 is 11.3 Å². The summed E-state index contributed by atoms with van der Waals surface area (Å²) in [5.74, 6) is 0.814. The van der Waals surface area contributed by atoms with E-state index < -0.39 is 11.7 Å². The van der Waals surface area contributed by atoms with Crippen LogP contribution in [0.3, 0.4) is 0 Å². The molecule has 2 aromatic rings. The lowest BCUT2D eigenvalue weighted by Gasteiger charge is -2.22. The van der Waals surface area contributed by atoms with E-state index in [1.165, 1.54) is 0 Å². The number of hydrogen-bond donors (Lipinski definition) is 1. The molecule has 1 aromatic carbocycles. The van der Waals surface area contributed by atoms with Gasteiger partial charge in [0.25, 0.3) is 0 Å². The second-order valence-corrected chi connectivity index (χ2v) is 7.25. The van der Waals surface area contributed by atoms with Gasteiger partial charge in [0.05, 0.1) is 13.2 Å². The number of amides is 1. The van der Waals surface area contributed by atoms with E-state index in [4.69, 9.17) is 9.47 Å². The standard InChI is InChI=1S/C19H23NO3S/c1-19(2,3)23-18(21)20-16(17-6-5-13-24-17)12-9-14-7-10-15(22-4)11-8-14/h5-13,16H,1-4H3,(H,20,21)/b12-9+/t16-/m1/s1. The maximum absolute atomic E-state index is 12.1. The van der Waals surface area contributed by atoms with E-state index >= 15 is 0 Å². The predicted molar refractivity (Wildman–Crippen MR) is 98.5 cm³/mol. The van der Waals surface area contributed by atoms with E-state index in [1.54, 1.807) is 18.4 Å². The smallest absolute Gasteiger partial charge is 0.408 e. The largest absolute Gasteiger partial charge is 0.497 e. The van der Waals surface area contributed by atoms with Gasteiger partial charge in [-0.05, 0) is 49.9 Å². The zero-order valence-corrected chi connectivity index (χ0v) is 15.2. The summed E-state index contributed by atoms with van der Waals surface area (Å²) >= 11 is 1.59. The molecule has 1 atom stereocenters. The molecule has 0 aliphatic carbocycles. The molecule has 24 heavy (non-hydrogen) atoms. The van der Waals surface area contributed by atoms with Crippen LogP contribution in [0.25, 0.3) is 6.08 Å². The topological polar surface area (TPSA) is 47.6 Å². The first-order chi connectivity index (χ1) is 11.4. The first-order valence-electron chi connectivity index (χ1n) is 7.72. The van der Waals surface area contributed by atoms with Gasteiger partial charge in [0, 0.05) is 4.88 Å². The SMILES string of the molecule is COc1ccc(/C=C/[C@@H](NC(=O)OC(C)(C)C)c2cccs2)cc1. The Morgan fingerprint density at radius 3 is 2.46 bits per heavy atom. The number of thiophene rings is 1. The van der Waals surface area contributed by atoms with Crippen molar-refractivity contribution < 1.29 is 14.3 Å². The third-order valence-electron chi connectivity index (χ3n) is 3.12. The Bertz CT molecular complexity index is 670. The highest BCUT2D eigenvalue weighted by atomic mass is 32.1. The van der Waals surface area contributed by atoms with Gasteiger partial charge in [0.15, 0.2) is 0 Å². The summed E-state index contributed by atoms with van der Waals surface area (Å²) in [6, 6.07) is 11.5. The zero-order valence-electron chi connectivity index (χ0n) is 14.4. The highest BCUT2D eigenvalue weighted by Crippen LogP contribution is 2.22. The highest BCUT2D eigenvalue weighted by Gasteiger charge is 2.19. The Morgan fingerprint density at radius 2 is 1.92 bits per heavy atom. The summed E-state index contributed by atoms with van der Waals surface area (Å²) in [6.07, 6.45) is 3.50. The van der Waals surface area contributed by atoms with Crippen LogP contribution in [0.15, 0.2) is 47.9 Å². The van der Waals surface area contributed by atoms with Crippen molar-refractivity contribution in [3.05, 3.63) is 58.3 Å². The van der Waals surface area contributed by atoms with Crippen molar-refractivity contribution in [2.75, 3.05) is 7.11 Å². The van der Waals surface area contributed by atoms with Gasteiger partial charge < -0.3 is 14.8 Å². The van der Waals surface area contributed by atoms with Crippen molar-refractivity contribution in [2.45, 2.75) is 32.4 Å². The van der Waals surface area contributed by atoms with E-state index in [1.807, 2.05) is 74.7 Å². The van der Waals surface area contributed by atoms with Gasteiger partial charge in [-0.15, -0.1) is 11.3 Å². The molecule has 0 fully saturated rings. The van der Waals surface area contributed by atoms with Crippen LogP contribution in [0, 0.1) is 0 Å². The predicted octanol–water partition coefficient (Wildman–Crippen LogP) is 5.04. The second-order valence-electron chi connectivity index (χ2n) is 6.27. The van der Waals surface area contributed by atoms with Crippen LogP contribution in [-0.2, 0) is 4.74 Å². The van der Waals surface area contributed by atoms with Gasteiger partial charge in [-0.3, -0.25) is 0 Å². The number of carbonyl (C=O) groups is 1. The lowest BCUT2D eigenvalue weighted by atomic mass is 10.1. The van der Waals surface area contributed by atoms with E-state index in [-0.39, 0.29) is 6.04 Å². The number of methoxy groups -OCH3 is 1. The molecule has 0 radical (unpaired) electrons. The van der Waals surface area contributed by atoms with Crippen LogP contribution in [0.1, 0.15) is 37.3 Å². The van der Waals surface area contributed by atoms with Crippen molar-refractivity contribution in [3.8, 4) is 5.75 Å². The van der Waals surface area contributed by atoms with E-state index in [9.17, 15) is 4.79 Å². The first kappa shape index (κ1) is 18.1. The van der Waals surface area contributed by atoms with Gasteiger partial charge in [-0.1, -0.05) is 30.4 Å². The average Bonchev–Trinajstić information content (AvgIpc) is 3.04. The molecule has 0 saturated heterocycles. The van der Waals surface area contributed by atoms with Gasteiger partial charge in [-0.25, -0.2) is 4.79 Å². The Morgan fingerprint density at radius 1 is 1.21 bits per heavy atom. The van der Waals surface area contributed by atoms with Crippen LogP contribution in [-0.4, -0.2) is 18.8 Å². The molecule has 1 aromatic heterocycles. The fourth-order valence-electron chi connectivity index (χ4n) is 2.04. The second kappa shape index (κ2) is 8.02. The number of carbonyl (C=O) groups excluding carboxylic acids is 1. The molecule has 0 saturated carbocycles. The maximum Gasteiger partial charge on any atom is 0.408 e. The summed E-state index contributed by atoms with van der Waals surface area (Å²) in [4.78, 5) is 13.1. The van der Waals surface area contributed by atoms with Crippen LogP contribution in [0.4, 0.5) is 4.79 Å². The molecular weight excluding hydrogens is 322 g/mol. The minimum atomic E-state index is -0.524. The Labute approximate surface area is 147 Å². The minimum absolute atomic E-state index is 0.234. The Balaban J connectivity index is 2.11. The highest BCUT2D eigenvalue weighted by molar-refractivity contribution is 7.10. The molecule has 2 rings (SSSR count). The molecule has 1 heterocycles. The third-order valence-corrected chi connectivity index (χ3v) is 4.07. The molecule has 1 N–H and O–H groups in total. The van der Waals surface area contributed by atoms with Gasteiger partial charge in [-0.2, -0.15) is 0 Å². The average molecular weight is 345 g/mol. The number of nitrogens with one attached hydrogen (secondary N) is 1. The molecule has 0 unspecified atom stereocenters. The summed E-state index contributed by atoms with van der Waals surface area (Å²) in [5, 5.41) is 4.89. The number of alkyl carbamates (subject to hydrolysis) is 1. The molecule has 4 nitrogen and oxygen atoms in total. The molecule has 0 spiro atoms. The van der Waals surface area contributed by atoms with Crippen molar-refractivity contribution in [2.24, 2.45) is 0 Å². The van der Waals surface area contributed by atoms with Crippen molar-refractivity contribution in [1.29, 1.82) is 0 Å². The fourth-order valence-corrected chi connectivity index (χ4v) is 2.79. The zero-order chi connectivity index (χ0) is 17.6. The van der Waals surface area contributed by atoms with E-state index in [0.29, 0.717) is 0 Å². The quantitative estimate of drug-likeness (QED) is 0.826. The van der Waals surface area contributed by atoms with E-state index in [0.717, 1.165) is 16.2 Å². The summed E-state index contributed by atoms with van der Waals surface area (Å²) in [5.41, 5.74) is 0.507. The van der Waals surface area contributed by atoms with Crippen LogP contribution < -0.4 is 10.1 Å². The summed E-state index contributed by atoms with van der Waals surface area (Å²) in [7, 11) is 1.64. The van der Waals surface area contributed by atoms with Crippen LogP contribution in [0.2, 0.25) is 0 Å². The van der Waals surface area contributed by atoms with E-state index in [2.05, 4.69) is 5.32 Å². The maximum atomic E-state index is 12.1. The number of benzene rings is 1. The third kappa shape index (κ3) is 5.74. The fraction of sp³-hybridized carbons (Fsp3) is 0.316. The Hall–Kier alpha value is -2.27. The van der Waals surface area contributed by atoms with Gasteiger partial charge in [0.1, 0.15) is 11.4 Å². The molecule has 0 aliphatic rings. The van der Waals surface area contributed by atoms with Crippen molar-refractivity contribution >= 4 is 23.5 Å². The Kier molecular flexibility index (Phi) is 6.04. The molecule has 128 valence electrons.